The highest BCUT2D eigenvalue weighted by molar-refractivity contribution is 8.00. The highest BCUT2D eigenvalue weighted by atomic mass is 32.2. The van der Waals surface area contributed by atoms with Gasteiger partial charge in [0.1, 0.15) is 6.61 Å². The van der Waals surface area contributed by atoms with E-state index in [1.807, 2.05) is 13.1 Å². The number of nitrogens with zero attached hydrogens (tertiary/aromatic N) is 5. The summed E-state index contributed by atoms with van der Waals surface area (Å²) in [5, 5.41) is 4.59. The summed E-state index contributed by atoms with van der Waals surface area (Å²) in [6, 6.07) is 1.68. The lowest BCUT2D eigenvalue weighted by atomic mass is 10.6. The molecule has 0 aliphatic carbocycles. The van der Waals surface area contributed by atoms with Gasteiger partial charge in [0.2, 0.25) is 5.88 Å². The van der Waals surface area contributed by atoms with Crippen LogP contribution >= 0.6 is 11.8 Å². The Bertz CT molecular complexity index is 525. The lowest BCUT2D eigenvalue weighted by Gasteiger charge is -2.12. The van der Waals surface area contributed by atoms with Gasteiger partial charge in [0, 0.05) is 29.1 Å². The van der Waals surface area contributed by atoms with Crippen LogP contribution in [-0.4, -0.2) is 68.0 Å². The second kappa shape index (κ2) is 12.1. The third kappa shape index (κ3) is 11.2. The molecule has 0 aliphatic rings. The van der Waals surface area contributed by atoms with E-state index in [-0.39, 0.29) is 0 Å². The van der Waals surface area contributed by atoms with E-state index < -0.39 is 8.32 Å². The molecule has 0 unspecified atom stereocenters. The van der Waals surface area contributed by atoms with E-state index in [2.05, 4.69) is 20.0 Å². The van der Waals surface area contributed by atoms with Gasteiger partial charge in [0.15, 0.2) is 13.5 Å². The molecule has 0 atom stereocenters. The second-order valence-electron chi connectivity index (χ2n) is 5.31. The maximum atomic E-state index is 9.84. The predicted octanol–water partition coefficient (Wildman–Crippen LogP) is 2.03. The molecule has 0 aromatic carbocycles. The highest BCUT2D eigenvalue weighted by Gasteiger charge is 2.18. The van der Waals surface area contributed by atoms with E-state index >= 15 is 0 Å². The molecule has 0 radical (unpaired) electrons. The van der Waals surface area contributed by atoms with Crippen molar-refractivity contribution < 1.29 is 19.0 Å². The summed E-state index contributed by atoms with van der Waals surface area (Å²) in [5.41, 5.74) is 8.09. The fourth-order valence-electron chi connectivity index (χ4n) is 1.39. The molecule has 1 aromatic heterocycles. The van der Waals surface area contributed by atoms with Crippen molar-refractivity contribution in [1.82, 2.24) is 9.97 Å². The van der Waals surface area contributed by atoms with Crippen molar-refractivity contribution >= 4 is 20.1 Å². The Morgan fingerprint density at radius 3 is 2.67 bits per heavy atom. The number of ether oxygens (including phenoxy) is 3. The molecule has 1 rings (SSSR count). The van der Waals surface area contributed by atoms with Gasteiger partial charge in [-0.05, 0) is 18.6 Å². The number of hydrogen-bond donors (Lipinski definition) is 1. The van der Waals surface area contributed by atoms with Crippen molar-refractivity contribution in [3.63, 3.8) is 0 Å². The first-order chi connectivity index (χ1) is 11.5. The molecule has 0 aliphatic heterocycles. The van der Waals surface area contributed by atoms with Crippen LogP contribution in [0.4, 0.5) is 0 Å². The third-order valence-electron chi connectivity index (χ3n) is 2.41. The molecule has 1 aromatic rings. The monoisotopic (exact) mass is 373 g/mol. The number of aromatic nitrogens is 2. The minimum atomic E-state index is -2.13. The average molecular weight is 374 g/mol. The summed E-state index contributed by atoms with van der Waals surface area (Å²) in [5.74, 6) is 0.485. The maximum Gasteiger partial charge on any atom is 0.217 e. The topological polar surface area (TPSA) is 122 Å². The molecule has 0 fully saturated rings. The first-order valence-corrected chi connectivity index (χ1v) is 11.6. The van der Waals surface area contributed by atoms with Crippen LogP contribution in [0.1, 0.15) is 0 Å². The van der Waals surface area contributed by atoms with Crippen molar-refractivity contribution in [2.45, 2.75) is 18.3 Å². The summed E-state index contributed by atoms with van der Waals surface area (Å²) >= 11 is 1.43. The molecule has 1 heterocycles. The number of hydrogen-bond acceptors (Lipinski definition) is 8. The normalized spacial score (nSPS) is 11.1. The molecule has 0 bridgehead atoms. The zero-order valence-electron chi connectivity index (χ0n) is 13.9. The fourth-order valence-corrected chi connectivity index (χ4v) is 3.61. The van der Waals surface area contributed by atoms with Gasteiger partial charge in [-0.25, -0.2) is 4.98 Å². The molecule has 134 valence electrons. The van der Waals surface area contributed by atoms with E-state index in [0.717, 1.165) is 0 Å². The van der Waals surface area contributed by atoms with Crippen LogP contribution in [0.2, 0.25) is 13.1 Å². The van der Waals surface area contributed by atoms with E-state index in [1.54, 1.807) is 12.3 Å². The average Bonchev–Trinajstić information content (AvgIpc) is 2.54. The van der Waals surface area contributed by atoms with Gasteiger partial charge in [-0.3, -0.25) is 0 Å². The van der Waals surface area contributed by atoms with Gasteiger partial charge >= 0.3 is 0 Å². The van der Waals surface area contributed by atoms with Crippen LogP contribution in [0.15, 0.2) is 22.5 Å². The maximum absolute atomic E-state index is 9.84. The minimum absolute atomic E-state index is 0.323. The summed E-state index contributed by atoms with van der Waals surface area (Å²) in [7, 11) is -2.13. The Morgan fingerprint density at radius 1 is 1.25 bits per heavy atom. The summed E-state index contributed by atoms with van der Waals surface area (Å²) < 4.78 is 16.1. The van der Waals surface area contributed by atoms with Crippen molar-refractivity contribution in [3.05, 3.63) is 22.7 Å². The molecule has 9 nitrogen and oxygen atoms in total. The molecule has 0 saturated carbocycles. The Hall–Kier alpha value is -1.36. The summed E-state index contributed by atoms with van der Waals surface area (Å²) in [4.78, 5) is 20.9. The molecule has 1 N–H and O–H groups in total. The number of rotatable bonds is 13. The number of azide groups is 1. The SMILES string of the molecule is C[Si](C)(O)CSc1nccc(OCCOCCOCCN=[N+]=[N-])n1. The Labute approximate surface area is 146 Å². The predicted molar refractivity (Wildman–Crippen MR) is 93.6 cm³/mol. The van der Waals surface area contributed by atoms with Crippen LogP contribution in [0.25, 0.3) is 10.4 Å². The molecule has 11 heteroatoms. The van der Waals surface area contributed by atoms with Crippen LogP contribution in [0.5, 0.6) is 5.88 Å². The minimum Gasteiger partial charge on any atom is -0.475 e. The molecule has 0 amide bonds. The molecule has 0 spiro atoms. The molecule has 0 saturated heterocycles. The molecular weight excluding hydrogens is 350 g/mol. The number of thioether (sulfide) groups is 1. The molecular formula is C13H23N5O4SSi. The van der Waals surface area contributed by atoms with Gasteiger partial charge in [0.25, 0.3) is 0 Å². The van der Waals surface area contributed by atoms with Crippen molar-refractivity contribution in [3.8, 4) is 5.88 Å². The zero-order chi connectivity index (χ0) is 17.7. The van der Waals surface area contributed by atoms with Crippen molar-refractivity contribution in [2.24, 2.45) is 5.11 Å². The van der Waals surface area contributed by atoms with E-state index in [1.165, 1.54) is 11.8 Å². The van der Waals surface area contributed by atoms with Gasteiger partial charge in [-0.15, -0.1) is 0 Å². The Morgan fingerprint density at radius 2 is 1.96 bits per heavy atom. The second-order valence-corrected chi connectivity index (χ2v) is 10.7. The summed E-state index contributed by atoms with van der Waals surface area (Å²) in [6.45, 7) is 6.14. The first kappa shape index (κ1) is 20.7. The van der Waals surface area contributed by atoms with Gasteiger partial charge in [-0.1, -0.05) is 16.9 Å². The van der Waals surface area contributed by atoms with Gasteiger partial charge in [0.05, 0.1) is 26.4 Å². The van der Waals surface area contributed by atoms with Crippen LogP contribution in [0, 0.1) is 0 Å². The van der Waals surface area contributed by atoms with Crippen molar-refractivity contribution in [2.75, 3.05) is 45.0 Å². The quantitative estimate of drug-likeness (QED) is 0.107. The zero-order valence-corrected chi connectivity index (χ0v) is 15.7. The van der Waals surface area contributed by atoms with E-state index in [0.29, 0.717) is 56.0 Å². The molecule has 24 heavy (non-hydrogen) atoms. The van der Waals surface area contributed by atoms with Crippen LogP contribution in [0.3, 0.4) is 0 Å². The Balaban J connectivity index is 2.11. The van der Waals surface area contributed by atoms with Crippen LogP contribution < -0.4 is 4.74 Å². The lowest BCUT2D eigenvalue weighted by Crippen LogP contribution is -2.29. The van der Waals surface area contributed by atoms with E-state index in [9.17, 15) is 4.80 Å². The third-order valence-corrected chi connectivity index (χ3v) is 6.27. The standard InChI is InChI=1S/C13H23N5O4SSi/c1-24(2,19)11-23-13-15-4-3-12(17-13)22-10-9-21-8-7-20-6-5-16-18-14/h3-4,19H,5-11H2,1-2H3. The largest absolute Gasteiger partial charge is 0.475 e. The van der Waals surface area contributed by atoms with Crippen LogP contribution in [-0.2, 0) is 9.47 Å². The van der Waals surface area contributed by atoms with Gasteiger partial charge in [-0.2, -0.15) is 4.98 Å². The first-order valence-electron chi connectivity index (χ1n) is 7.48. The smallest absolute Gasteiger partial charge is 0.217 e. The Kier molecular flexibility index (Phi) is 10.4. The summed E-state index contributed by atoms with van der Waals surface area (Å²) in [6.07, 6.45) is 1.63. The highest BCUT2D eigenvalue weighted by Crippen LogP contribution is 2.18. The van der Waals surface area contributed by atoms with Gasteiger partial charge < -0.3 is 19.0 Å². The lowest BCUT2D eigenvalue weighted by molar-refractivity contribution is 0.0382. The van der Waals surface area contributed by atoms with E-state index in [4.69, 9.17) is 19.7 Å². The fraction of sp³-hybridized carbons (Fsp3) is 0.692. The van der Waals surface area contributed by atoms with Crippen molar-refractivity contribution in [1.29, 1.82) is 0 Å².